The average molecular weight is 503 g/mol. The standard InChI is InChI=1S/C28H27BrN2O2/c1-27(2)18-28(14-15-32-27)31-25(23-16-22(29)12-13-26(23)33-28)17-24(30-31)21-10-8-20(9-11-21)19-6-4-3-5-7-19/h3-13,16,25H,14-15,17-18H2,1-2H3/t25-,28+/m0/s1. The summed E-state index contributed by atoms with van der Waals surface area (Å²) in [5.74, 6) is 0.966. The topological polar surface area (TPSA) is 34.1 Å². The fourth-order valence-corrected chi connectivity index (χ4v) is 5.87. The van der Waals surface area contributed by atoms with Gasteiger partial charge in [-0.05, 0) is 48.7 Å². The minimum atomic E-state index is -0.487. The van der Waals surface area contributed by atoms with Gasteiger partial charge in [0.1, 0.15) is 5.75 Å². The highest BCUT2D eigenvalue weighted by atomic mass is 79.9. The van der Waals surface area contributed by atoms with Gasteiger partial charge in [0.2, 0.25) is 5.72 Å². The molecule has 33 heavy (non-hydrogen) atoms. The molecule has 0 radical (unpaired) electrons. The summed E-state index contributed by atoms with van der Waals surface area (Å²) in [5, 5.41) is 7.45. The Labute approximate surface area is 203 Å². The number of rotatable bonds is 2. The molecule has 3 aromatic carbocycles. The first-order valence-electron chi connectivity index (χ1n) is 11.6. The Bertz CT molecular complexity index is 1220. The molecule has 0 unspecified atom stereocenters. The highest BCUT2D eigenvalue weighted by Gasteiger charge is 2.54. The van der Waals surface area contributed by atoms with Crippen molar-refractivity contribution < 1.29 is 9.47 Å². The first-order chi connectivity index (χ1) is 15.9. The molecule has 3 aliphatic rings. The molecule has 1 fully saturated rings. The normalized spacial score (nSPS) is 25.2. The second kappa shape index (κ2) is 7.71. The Kier molecular flexibility index (Phi) is 4.89. The van der Waals surface area contributed by atoms with Gasteiger partial charge in [-0.1, -0.05) is 70.5 Å². The molecule has 3 aliphatic heterocycles. The number of hydrogen-bond donors (Lipinski definition) is 0. The van der Waals surface area contributed by atoms with Crippen molar-refractivity contribution in [2.24, 2.45) is 5.10 Å². The Balaban J connectivity index is 1.39. The van der Waals surface area contributed by atoms with Crippen molar-refractivity contribution >= 4 is 21.6 Å². The quantitative estimate of drug-likeness (QED) is 0.380. The van der Waals surface area contributed by atoms with E-state index in [1.54, 1.807) is 0 Å². The van der Waals surface area contributed by atoms with E-state index >= 15 is 0 Å². The van der Waals surface area contributed by atoms with Gasteiger partial charge in [0.05, 0.1) is 24.0 Å². The lowest BCUT2D eigenvalue weighted by molar-refractivity contribution is -0.212. The first kappa shape index (κ1) is 20.9. The number of hydrogen-bond acceptors (Lipinski definition) is 4. The maximum Gasteiger partial charge on any atom is 0.203 e. The molecular formula is C28H27BrN2O2. The molecule has 2 atom stereocenters. The summed E-state index contributed by atoms with van der Waals surface area (Å²) >= 11 is 3.65. The van der Waals surface area contributed by atoms with Gasteiger partial charge in [-0.3, -0.25) is 0 Å². The van der Waals surface area contributed by atoms with Crippen LogP contribution >= 0.6 is 15.9 Å². The molecule has 3 heterocycles. The van der Waals surface area contributed by atoms with Gasteiger partial charge in [0.25, 0.3) is 0 Å². The van der Waals surface area contributed by atoms with Crippen molar-refractivity contribution in [2.45, 2.75) is 50.5 Å². The van der Waals surface area contributed by atoms with Gasteiger partial charge >= 0.3 is 0 Å². The lowest BCUT2D eigenvalue weighted by Gasteiger charge is -2.52. The molecule has 6 rings (SSSR count). The zero-order valence-corrected chi connectivity index (χ0v) is 20.5. The van der Waals surface area contributed by atoms with Crippen LogP contribution in [-0.4, -0.2) is 28.7 Å². The van der Waals surface area contributed by atoms with Crippen molar-refractivity contribution in [3.63, 3.8) is 0 Å². The van der Waals surface area contributed by atoms with Gasteiger partial charge < -0.3 is 9.47 Å². The van der Waals surface area contributed by atoms with Crippen molar-refractivity contribution in [1.82, 2.24) is 5.01 Å². The van der Waals surface area contributed by atoms with Crippen LogP contribution in [0.4, 0.5) is 0 Å². The van der Waals surface area contributed by atoms with E-state index in [1.165, 1.54) is 22.3 Å². The number of benzene rings is 3. The van der Waals surface area contributed by atoms with Crippen molar-refractivity contribution in [3.05, 3.63) is 88.4 Å². The number of halogens is 1. The van der Waals surface area contributed by atoms with Crippen LogP contribution in [0.15, 0.2) is 82.4 Å². The van der Waals surface area contributed by atoms with E-state index in [1.807, 2.05) is 6.07 Å². The molecule has 168 valence electrons. The van der Waals surface area contributed by atoms with Gasteiger partial charge in [-0.2, -0.15) is 5.10 Å². The van der Waals surface area contributed by atoms with E-state index in [0.29, 0.717) is 6.61 Å². The summed E-state index contributed by atoms with van der Waals surface area (Å²) < 4.78 is 13.9. The van der Waals surface area contributed by atoms with E-state index in [9.17, 15) is 0 Å². The van der Waals surface area contributed by atoms with E-state index in [0.717, 1.165) is 35.2 Å². The monoisotopic (exact) mass is 502 g/mol. The van der Waals surface area contributed by atoms with E-state index in [2.05, 4.69) is 102 Å². The highest BCUT2D eigenvalue weighted by Crippen LogP contribution is 2.52. The first-order valence-corrected chi connectivity index (χ1v) is 12.4. The van der Waals surface area contributed by atoms with Crippen molar-refractivity contribution in [3.8, 4) is 16.9 Å². The van der Waals surface area contributed by atoms with Crippen LogP contribution < -0.4 is 4.74 Å². The molecule has 0 aromatic heterocycles. The van der Waals surface area contributed by atoms with Crippen LogP contribution in [0.1, 0.15) is 50.3 Å². The Hall–Kier alpha value is -2.63. The van der Waals surface area contributed by atoms with Crippen LogP contribution in [0.3, 0.4) is 0 Å². The van der Waals surface area contributed by atoms with Crippen LogP contribution in [0.5, 0.6) is 5.75 Å². The third-order valence-electron chi connectivity index (χ3n) is 6.97. The van der Waals surface area contributed by atoms with Crippen LogP contribution in [0.2, 0.25) is 0 Å². The van der Waals surface area contributed by atoms with Crippen molar-refractivity contribution in [1.29, 1.82) is 0 Å². The fourth-order valence-electron chi connectivity index (χ4n) is 5.49. The predicted octanol–water partition coefficient (Wildman–Crippen LogP) is 6.94. The third-order valence-corrected chi connectivity index (χ3v) is 7.46. The second-order valence-corrected chi connectivity index (χ2v) is 10.7. The Morgan fingerprint density at radius 3 is 2.42 bits per heavy atom. The summed E-state index contributed by atoms with van der Waals surface area (Å²) in [4.78, 5) is 0. The minimum Gasteiger partial charge on any atom is -0.466 e. The average Bonchev–Trinajstić information content (AvgIpc) is 3.27. The predicted molar refractivity (Wildman–Crippen MR) is 134 cm³/mol. The van der Waals surface area contributed by atoms with E-state index < -0.39 is 5.72 Å². The molecule has 4 nitrogen and oxygen atoms in total. The maximum atomic E-state index is 6.74. The largest absolute Gasteiger partial charge is 0.466 e. The van der Waals surface area contributed by atoms with Gasteiger partial charge in [-0.25, -0.2) is 5.01 Å². The van der Waals surface area contributed by atoms with E-state index in [-0.39, 0.29) is 11.6 Å². The molecule has 0 amide bonds. The molecule has 0 aliphatic carbocycles. The van der Waals surface area contributed by atoms with Crippen LogP contribution in [0.25, 0.3) is 11.1 Å². The summed E-state index contributed by atoms with van der Waals surface area (Å²) in [7, 11) is 0. The van der Waals surface area contributed by atoms with Gasteiger partial charge in [0, 0.05) is 29.3 Å². The summed E-state index contributed by atoms with van der Waals surface area (Å²) in [6.45, 7) is 4.96. The lowest BCUT2D eigenvalue weighted by Crippen LogP contribution is -2.60. The Morgan fingerprint density at radius 1 is 0.939 bits per heavy atom. The lowest BCUT2D eigenvalue weighted by atomic mass is 9.86. The van der Waals surface area contributed by atoms with Crippen LogP contribution in [-0.2, 0) is 4.74 Å². The summed E-state index contributed by atoms with van der Waals surface area (Å²) in [6, 6.07) is 25.8. The van der Waals surface area contributed by atoms with Gasteiger partial charge in [0.15, 0.2) is 0 Å². The fraction of sp³-hybridized carbons (Fsp3) is 0.321. The number of nitrogens with zero attached hydrogens (tertiary/aromatic N) is 2. The molecule has 3 aromatic rings. The van der Waals surface area contributed by atoms with E-state index in [4.69, 9.17) is 14.6 Å². The number of hydrazone groups is 1. The molecule has 5 heteroatoms. The number of fused-ring (bicyclic) bond motifs is 4. The van der Waals surface area contributed by atoms with Gasteiger partial charge in [-0.15, -0.1) is 0 Å². The summed E-state index contributed by atoms with van der Waals surface area (Å²) in [6.07, 6.45) is 2.43. The smallest absolute Gasteiger partial charge is 0.203 e. The highest BCUT2D eigenvalue weighted by molar-refractivity contribution is 9.10. The SMILES string of the molecule is CC1(C)C[C@@]2(CCO1)Oc1ccc(Br)cc1[C@@H]1CC(c3ccc(-c4ccccc4)cc3)=NN12. The van der Waals surface area contributed by atoms with Crippen LogP contribution in [0, 0.1) is 0 Å². The number of ether oxygens (including phenoxy) is 2. The zero-order valence-electron chi connectivity index (χ0n) is 18.9. The molecule has 1 spiro atoms. The minimum absolute atomic E-state index is 0.156. The van der Waals surface area contributed by atoms with Crippen molar-refractivity contribution in [2.75, 3.05) is 6.61 Å². The molecule has 1 saturated heterocycles. The molecular weight excluding hydrogens is 476 g/mol. The second-order valence-electron chi connectivity index (χ2n) is 9.82. The molecule has 0 saturated carbocycles. The molecule has 0 bridgehead atoms. The summed E-state index contributed by atoms with van der Waals surface area (Å²) in [5.41, 5.74) is 5.17. The maximum absolute atomic E-state index is 6.74. The molecule has 0 N–H and O–H groups in total. The Morgan fingerprint density at radius 2 is 1.67 bits per heavy atom. The zero-order chi connectivity index (χ0) is 22.6. The third kappa shape index (κ3) is 3.68.